The van der Waals surface area contributed by atoms with E-state index < -0.39 is 11.2 Å². The van der Waals surface area contributed by atoms with Crippen LogP contribution < -0.4 is 0 Å². The standard InChI is InChI=1S/C6H14O2.C4H8O2/c1-5(2,7)6(3,4)8;1-2-6-4-3-5-1/h7-8H,1-4H3;1-4H2. The third-order valence-corrected chi connectivity index (χ3v) is 2.24. The van der Waals surface area contributed by atoms with Gasteiger partial charge in [0, 0.05) is 0 Å². The van der Waals surface area contributed by atoms with Crippen LogP contribution in [0.5, 0.6) is 0 Å². The summed E-state index contributed by atoms with van der Waals surface area (Å²) in [7, 11) is 0. The van der Waals surface area contributed by atoms with Crippen LogP contribution in [0.1, 0.15) is 27.7 Å². The van der Waals surface area contributed by atoms with Crippen molar-refractivity contribution in [2.45, 2.75) is 38.9 Å². The first-order valence-electron chi connectivity index (χ1n) is 4.85. The lowest BCUT2D eigenvalue weighted by atomic mass is 9.90. The molecular formula is C10H22O4. The second kappa shape index (κ2) is 5.66. The fourth-order valence-corrected chi connectivity index (χ4v) is 0.440. The fraction of sp³-hybridized carbons (Fsp3) is 1.00. The molecule has 0 saturated carbocycles. The molecule has 86 valence electrons. The molecule has 0 aromatic carbocycles. The molecule has 1 fully saturated rings. The largest absolute Gasteiger partial charge is 0.387 e. The SMILES string of the molecule is C1COCCO1.CC(C)(O)C(C)(C)O. The van der Waals surface area contributed by atoms with Crippen LogP contribution in [0.25, 0.3) is 0 Å². The van der Waals surface area contributed by atoms with Gasteiger partial charge in [0.05, 0.1) is 37.6 Å². The van der Waals surface area contributed by atoms with Crippen molar-refractivity contribution < 1.29 is 19.7 Å². The van der Waals surface area contributed by atoms with Gasteiger partial charge in [-0.15, -0.1) is 0 Å². The van der Waals surface area contributed by atoms with Crippen LogP contribution in [-0.4, -0.2) is 47.8 Å². The van der Waals surface area contributed by atoms with Gasteiger partial charge in [0.15, 0.2) is 0 Å². The molecule has 0 unspecified atom stereocenters. The predicted octanol–water partition coefficient (Wildman–Crippen LogP) is 0.561. The predicted molar refractivity (Wildman–Crippen MR) is 54.2 cm³/mol. The van der Waals surface area contributed by atoms with Crippen molar-refractivity contribution in [1.29, 1.82) is 0 Å². The van der Waals surface area contributed by atoms with Gasteiger partial charge >= 0.3 is 0 Å². The number of aliphatic hydroxyl groups is 2. The molecule has 0 aliphatic carbocycles. The second-order valence-electron chi connectivity index (χ2n) is 4.34. The Labute approximate surface area is 85.8 Å². The summed E-state index contributed by atoms with van der Waals surface area (Å²) in [6.45, 7) is 9.42. The third-order valence-electron chi connectivity index (χ3n) is 2.24. The first-order chi connectivity index (χ1) is 6.25. The van der Waals surface area contributed by atoms with Crippen molar-refractivity contribution >= 4 is 0 Å². The molecule has 1 aliphatic heterocycles. The highest BCUT2D eigenvalue weighted by Gasteiger charge is 2.31. The van der Waals surface area contributed by atoms with E-state index in [2.05, 4.69) is 0 Å². The first-order valence-corrected chi connectivity index (χ1v) is 4.85. The molecule has 1 heterocycles. The lowest BCUT2D eigenvalue weighted by molar-refractivity contribution is -0.107. The zero-order valence-electron chi connectivity index (χ0n) is 9.54. The van der Waals surface area contributed by atoms with E-state index >= 15 is 0 Å². The summed E-state index contributed by atoms with van der Waals surface area (Å²) in [5, 5.41) is 18.2. The van der Waals surface area contributed by atoms with Crippen molar-refractivity contribution in [2.75, 3.05) is 26.4 Å². The molecule has 4 heteroatoms. The quantitative estimate of drug-likeness (QED) is 0.658. The average molecular weight is 206 g/mol. The Morgan fingerprint density at radius 3 is 1.00 bits per heavy atom. The van der Waals surface area contributed by atoms with Crippen LogP contribution in [0, 0.1) is 0 Å². The van der Waals surface area contributed by atoms with E-state index in [0.29, 0.717) is 0 Å². The van der Waals surface area contributed by atoms with E-state index in [1.165, 1.54) is 0 Å². The summed E-state index contributed by atoms with van der Waals surface area (Å²) in [6.07, 6.45) is 0. The zero-order valence-corrected chi connectivity index (χ0v) is 9.54. The molecule has 0 radical (unpaired) electrons. The molecule has 14 heavy (non-hydrogen) atoms. The summed E-state index contributed by atoms with van der Waals surface area (Å²) < 4.78 is 9.89. The molecule has 0 amide bonds. The molecule has 0 aromatic rings. The maximum absolute atomic E-state index is 9.10. The molecule has 0 atom stereocenters. The second-order valence-corrected chi connectivity index (χ2v) is 4.34. The van der Waals surface area contributed by atoms with Crippen molar-refractivity contribution in [2.24, 2.45) is 0 Å². The lowest BCUT2D eigenvalue weighted by Crippen LogP contribution is -2.44. The Kier molecular flexibility index (Phi) is 5.59. The average Bonchev–Trinajstić information content (AvgIpc) is 2.05. The molecule has 1 saturated heterocycles. The number of ether oxygens (including phenoxy) is 2. The lowest BCUT2D eigenvalue weighted by Gasteiger charge is -2.31. The van der Waals surface area contributed by atoms with Gasteiger partial charge < -0.3 is 19.7 Å². The topological polar surface area (TPSA) is 58.9 Å². The maximum atomic E-state index is 9.10. The van der Waals surface area contributed by atoms with Gasteiger partial charge in [0.25, 0.3) is 0 Å². The van der Waals surface area contributed by atoms with Gasteiger partial charge in [-0.25, -0.2) is 0 Å². The van der Waals surface area contributed by atoms with Crippen molar-refractivity contribution in [3.63, 3.8) is 0 Å². The number of rotatable bonds is 1. The van der Waals surface area contributed by atoms with Gasteiger partial charge in [-0.1, -0.05) is 0 Å². The van der Waals surface area contributed by atoms with Crippen LogP contribution in [-0.2, 0) is 9.47 Å². The van der Waals surface area contributed by atoms with Gasteiger partial charge in [-0.2, -0.15) is 0 Å². The van der Waals surface area contributed by atoms with Gasteiger partial charge in [0.1, 0.15) is 0 Å². The van der Waals surface area contributed by atoms with Crippen molar-refractivity contribution in [3.05, 3.63) is 0 Å². The highest BCUT2D eigenvalue weighted by Crippen LogP contribution is 2.19. The van der Waals surface area contributed by atoms with Crippen molar-refractivity contribution in [3.8, 4) is 0 Å². The molecule has 1 aliphatic rings. The summed E-state index contributed by atoms with van der Waals surface area (Å²) >= 11 is 0. The number of hydrogen-bond acceptors (Lipinski definition) is 4. The third kappa shape index (κ3) is 6.32. The van der Waals surface area contributed by atoms with Crippen LogP contribution in [0.4, 0.5) is 0 Å². The smallest absolute Gasteiger partial charge is 0.0872 e. The van der Waals surface area contributed by atoms with E-state index in [9.17, 15) is 0 Å². The van der Waals surface area contributed by atoms with Crippen molar-refractivity contribution in [1.82, 2.24) is 0 Å². The first kappa shape index (κ1) is 13.8. The van der Waals surface area contributed by atoms with Crippen LogP contribution in [0.2, 0.25) is 0 Å². The molecule has 2 N–H and O–H groups in total. The minimum atomic E-state index is -1.01. The van der Waals surface area contributed by atoms with Gasteiger partial charge in [-0.05, 0) is 27.7 Å². The number of hydrogen-bond donors (Lipinski definition) is 2. The molecular weight excluding hydrogens is 184 g/mol. The Morgan fingerprint density at radius 1 is 0.714 bits per heavy atom. The molecule has 4 nitrogen and oxygen atoms in total. The minimum Gasteiger partial charge on any atom is -0.387 e. The zero-order chi connectivity index (χ0) is 11.2. The highest BCUT2D eigenvalue weighted by molar-refractivity contribution is 4.84. The maximum Gasteiger partial charge on any atom is 0.0872 e. The Hall–Kier alpha value is -0.160. The van der Waals surface area contributed by atoms with E-state index in [-0.39, 0.29) is 0 Å². The molecule has 1 rings (SSSR count). The van der Waals surface area contributed by atoms with Crippen LogP contribution in [0.3, 0.4) is 0 Å². The minimum absolute atomic E-state index is 0.778. The van der Waals surface area contributed by atoms with Crippen LogP contribution in [0.15, 0.2) is 0 Å². The van der Waals surface area contributed by atoms with Gasteiger partial charge in [0.2, 0.25) is 0 Å². The molecule has 0 bridgehead atoms. The molecule has 0 aromatic heterocycles. The molecule has 0 spiro atoms. The summed E-state index contributed by atoms with van der Waals surface area (Å²) in [4.78, 5) is 0. The van der Waals surface area contributed by atoms with E-state index in [1.807, 2.05) is 0 Å². The Morgan fingerprint density at radius 2 is 0.929 bits per heavy atom. The monoisotopic (exact) mass is 206 g/mol. The highest BCUT2D eigenvalue weighted by atomic mass is 16.6. The summed E-state index contributed by atoms with van der Waals surface area (Å²) in [6, 6.07) is 0. The van der Waals surface area contributed by atoms with E-state index in [1.54, 1.807) is 27.7 Å². The summed E-state index contributed by atoms with van der Waals surface area (Å²) in [5.41, 5.74) is -2.01. The van der Waals surface area contributed by atoms with Gasteiger partial charge in [-0.3, -0.25) is 0 Å². The Balaban J connectivity index is 0.000000249. The summed E-state index contributed by atoms with van der Waals surface area (Å²) in [5.74, 6) is 0. The Bertz CT molecular complexity index is 116. The van der Waals surface area contributed by atoms with Crippen LogP contribution >= 0.6 is 0 Å². The van der Waals surface area contributed by atoms with E-state index in [0.717, 1.165) is 26.4 Å². The van der Waals surface area contributed by atoms with E-state index in [4.69, 9.17) is 19.7 Å². The normalized spacial score (nSPS) is 18.4. The fourth-order valence-electron chi connectivity index (χ4n) is 0.440.